The molecule has 5 nitrogen and oxygen atoms in total. The van der Waals surface area contributed by atoms with Crippen molar-refractivity contribution in [1.82, 2.24) is 19.7 Å². The highest BCUT2D eigenvalue weighted by Gasteiger charge is 2.13. The van der Waals surface area contributed by atoms with Gasteiger partial charge in [-0.1, -0.05) is 19.0 Å². The summed E-state index contributed by atoms with van der Waals surface area (Å²) in [5.74, 6) is 1.71. The van der Waals surface area contributed by atoms with E-state index in [4.69, 9.17) is 4.52 Å². The summed E-state index contributed by atoms with van der Waals surface area (Å²) in [7, 11) is 0. The van der Waals surface area contributed by atoms with Crippen LogP contribution in [0.4, 0.5) is 0 Å². The number of hydrogen-bond donors (Lipinski definition) is 0. The quantitative estimate of drug-likeness (QED) is 0.734. The monoisotopic (exact) mass is 284 g/mol. The first-order chi connectivity index (χ1) is 10.1. The first-order valence-corrected chi connectivity index (χ1v) is 7.33. The summed E-state index contributed by atoms with van der Waals surface area (Å²) >= 11 is 0. The zero-order valence-corrected chi connectivity index (χ0v) is 12.9. The molecule has 0 bridgehead atoms. The van der Waals surface area contributed by atoms with Crippen LogP contribution in [0.2, 0.25) is 0 Å². The zero-order chi connectivity index (χ0) is 15.0. The van der Waals surface area contributed by atoms with E-state index in [-0.39, 0.29) is 0 Å². The molecule has 0 unspecified atom stereocenters. The van der Waals surface area contributed by atoms with Gasteiger partial charge in [0, 0.05) is 5.92 Å². The maximum Gasteiger partial charge on any atom is 0.229 e. The van der Waals surface area contributed by atoms with Crippen LogP contribution in [0.5, 0.6) is 0 Å². The van der Waals surface area contributed by atoms with Gasteiger partial charge >= 0.3 is 0 Å². The molecule has 0 radical (unpaired) electrons. The molecule has 1 atom stereocenters. The molecule has 0 amide bonds. The van der Waals surface area contributed by atoms with E-state index in [9.17, 15) is 0 Å². The van der Waals surface area contributed by atoms with Crippen LogP contribution in [0.1, 0.15) is 49.0 Å². The van der Waals surface area contributed by atoms with Crippen LogP contribution in [0.25, 0.3) is 11.0 Å². The molecule has 0 fully saturated rings. The summed E-state index contributed by atoms with van der Waals surface area (Å²) in [5, 5.41) is 4.07. The summed E-state index contributed by atoms with van der Waals surface area (Å²) in [6.07, 6.45) is 2.83. The molecule has 0 saturated carbocycles. The van der Waals surface area contributed by atoms with Crippen LogP contribution in [0.3, 0.4) is 0 Å². The van der Waals surface area contributed by atoms with Gasteiger partial charge in [0.15, 0.2) is 5.82 Å². The molecule has 110 valence electrons. The van der Waals surface area contributed by atoms with Crippen molar-refractivity contribution in [2.24, 2.45) is 0 Å². The van der Waals surface area contributed by atoms with E-state index in [1.165, 1.54) is 11.1 Å². The second kappa shape index (κ2) is 5.31. The van der Waals surface area contributed by atoms with Gasteiger partial charge in [-0.2, -0.15) is 4.98 Å². The molecule has 0 saturated heterocycles. The van der Waals surface area contributed by atoms with Gasteiger partial charge < -0.3 is 9.09 Å². The second-order valence-corrected chi connectivity index (χ2v) is 5.66. The van der Waals surface area contributed by atoms with Crippen molar-refractivity contribution in [3.8, 4) is 0 Å². The third-order valence-corrected chi connectivity index (χ3v) is 4.07. The summed E-state index contributed by atoms with van der Waals surface area (Å²) < 4.78 is 7.39. The Morgan fingerprint density at radius 3 is 2.76 bits per heavy atom. The van der Waals surface area contributed by atoms with Gasteiger partial charge in [-0.3, -0.25) is 0 Å². The number of fused-ring (bicyclic) bond motifs is 1. The Labute approximate surface area is 124 Å². The molecular weight excluding hydrogens is 264 g/mol. The molecule has 0 aliphatic carbocycles. The number of hydrogen-bond acceptors (Lipinski definition) is 4. The maximum absolute atomic E-state index is 5.33. The maximum atomic E-state index is 5.33. The first kappa shape index (κ1) is 13.8. The SMILES string of the molecule is CC[C@H](C)c1nc(Cn2cnc3cc(C)c(C)cc32)no1. The van der Waals surface area contributed by atoms with Crippen LogP contribution in [-0.2, 0) is 6.54 Å². The van der Waals surface area contributed by atoms with Crippen LogP contribution in [0, 0.1) is 13.8 Å². The molecule has 0 spiro atoms. The van der Waals surface area contributed by atoms with E-state index in [0.717, 1.165) is 17.5 Å². The Kier molecular flexibility index (Phi) is 3.49. The molecule has 0 N–H and O–H groups in total. The molecule has 21 heavy (non-hydrogen) atoms. The summed E-state index contributed by atoms with van der Waals surface area (Å²) in [4.78, 5) is 8.93. The minimum atomic E-state index is 0.302. The van der Waals surface area contributed by atoms with E-state index in [2.05, 4.69) is 59.5 Å². The average Bonchev–Trinajstić information content (AvgIpc) is 3.08. The average molecular weight is 284 g/mol. The summed E-state index contributed by atoms with van der Waals surface area (Å²) in [5.41, 5.74) is 4.63. The fourth-order valence-corrected chi connectivity index (χ4v) is 2.30. The van der Waals surface area contributed by atoms with Crippen molar-refractivity contribution in [3.63, 3.8) is 0 Å². The number of nitrogens with zero attached hydrogens (tertiary/aromatic N) is 4. The fraction of sp³-hybridized carbons (Fsp3) is 0.438. The van der Waals surface area contributed by atoms with E-state index in [1.807, 2.05) is 6.33 Å². The van der Waals surface area contributed by atoms with Crippen molar-refractivity contribution < 1.29 is 4.52 Å². The Balaban J connectivity index is 1.91. The molecule has 0 aliphatic rings. The lowest BCUT2D eigenvalue weighted by Crippen LogP contribution is -2.01. The van der Waals surface area contributed by atoms with Gasteiger partial charge in [0.05, 0.1) is 23.9 Å². The first-order valence-electron chi connectivity index (χ1n) is 7.33. The minimum absolute atomic E-state index is 0.302. The van der Waals surface area contributed by atoms with Gasteiger partial charge in [-0.15, -0.1) is 0 Å². The minimum Gasteiger partial charge on any atom is -0.339 e. The zero-order valence-electron chi connectivity index (χ0n) is 12.9. The van der Waals surface area contributed by atoms with Gasteiger partial charge in [0.25, 0.3) is 0 Å². The lowest BCUT2D eigenvalue weighted by atomic mass is 10.1. The van der Waals surface area contributed by atoms with Crippen molar-refractivity contribution >= 4 is 11.0 Å². The molecule has 5 heteroatoms. The van der Waals surface area contributed by atoms with E-state index >= 15 is 0 Å². The Bertz CT molecular complexity index is 772. The van der Waals surface area contributed by atoms with E-state index in [0.29, 0.717) is 24.2 Å². The summed E-state index contributed by atoms with van der Waals surface area (Å²) in [6, 6.07) is 4.27. The largest absolute Gasteiger partial charge is 0.339 e. The molecule has 2 aromatic heterocycles. The highest BCUT2D eigenvalue weighted by atomic mass is 16.5. The predicted molar refractivity (Wildman–Crippen MR) is 81.3 cm³/mol. The Morgan fingerprint density at radius 1 is 1.24 bits per heavy atom. The lowest BCUT2D eigenvalue weighted by Gasteiger charge is -2.03. The normalized spacial score (nSPS) is 13.0. The summed E-state index contributed by atoms with van der Waals surface area (Å²) in [6.45, 7) is 9.00. The molecule has 3 rings (SSSR count). The molecule has 0 aliphatic heterocycles. The van der Waals surface area contributed by atoms with E-state index < -0.39 is 0 Å². The van der Waals surface area contributed by atoms with Gasteiger partial charge in [-0.25, -0.2) is 4.98 Å². The fourth-order valence-electron chi connectivity index (χ4n) is 2.30. The highest BCUT2D eigenvalue weighted by molar-refractivity contribution is 5.77. The topological polar surface area (TPSA) is 56.7 Å². The third-order valence-electron chi connectivity index (χ3n) is 4.07. The number of benzene rings is 1. The van der Waals surface area contributed by atoms with E-state index in [1.54, 1.807) is 0 Å². The molecule has 1 aromatic carbocycles. The van der Waals surface area contributed by atoms with Crippen molar-refractivity contribution in [1.29, 1.82) is 0 Å². The Morgan fingerprint density at radius 2 is 2.00 bits per heavy atom. The number of aryl methyl sites for hydroxylation is 2. The standard InChI is InChI=1S/C16H20N4O/c1-5-10(2)16-18-15(19-21-16)8-20-9-17-13-6-11(3)12(4)7-14(13)20/h6-7,9-10H,5,8H2,1-4H3/t10-/m0/s1. The Hall–Kier alpha value is -2.17. The van der Waals surface area contributed by atoms with Crippen LogP contribution in [-0.4, -0.2) is 19.7 Å². The number of aromatic nitrogens is 4. The van der Waals surface area contributed by atoms with Crippen LogP contribution in [0.15, 0.2) is 23.0 Å². The predicted octanol–water partition coefficient (Wildman–Crippen LogP) is 3.60. The smallest absolute Gasteiger partial charge is 0.229 e. The lowest BCUT2D eigenvalue weighted by molar-refractivity contribution is 0.352. The molecular formula is C16H20N4O. The number of rotatable bonds is 4. The van der Waals surface area contributed by atoms with Crippen LogP contribution >= 0.6 is 0 Å². The van der Waals surface area contributed by atoms with Gasteiger partial charge in [0.1, 0.15) is 0 Å². The second-order valence-electron chi connectivity index (χ2n) is 5.66. The van der Waals surface area contributed by atoms with Crippen molar-refractivity contribution in [3.05, 3.63) is 41.3 Å². The van der Waals surface area contributed by atoms with Crippen molar-refractivity contribution in [2.75, 3.05) is 0 Å². The van der Waals surface area contributed by atoms with Gasteiger partial charge in [-0.05, 0) is 43.5 Å². The number of imidazole rings is 1. The van der Waals surface area contributed by atoms with Crippen LogP contribution < -0.4 is 0 Å². The highest BCUT2D eigenvalue weighted by Crippen LogP contribution is 2.20. The van der Waals surface area contributed by atoms with Gasteiger partial charge in [0.2, 0.25) is 5.89 Å². The third kappa shape index (κ3) is 2.55. The molecule has 3 aromatic rings. The van der Waals surface area contributed by atoms with Crippen molar-refractivity contribution in [2.45, 2.75) is 46.6 Å². The molecule has 2 heterocycles.